The fourth-order valence-electron chi connectivity index (χ4n) is 2.93. The van der Waals surface area contributed by atoms with Gasteiger partial charge in [-0.25, -0.2) is 0 Å². The van der Waals surface area contributed by atoms with E-state index in [-0.39, 0.29) is 11.8 Å². The largest absolute Gasteiger partial charge is 0.494 e. The molecule has 2 amide bonds. The van der Waals surface area contributed by atoms with Gasteiger partial charge in [0.1, 0.15) is 11.8 Å². The molecule has 1 N–H and O–H groups in total. The van der Waals surface area contributed by atoms with Crippen LogP contribution in [0.5, 0.6) is 5.75 Å². The van der Waals surface area contributed by atoms with E-state index in [0.29, 0.717) is 24.3 Å². The van der Waals surface area contributed by atoms with Gasteiger partial charge in [0.15, 0.2) is 6.19 Å². The Labute approximate surface area is 177 Å². The van der Waals surface area contributed by atoms with Crippen molar-refractivity contribution in [2.75, 3.05) is 13.7 Å². The second-order valence-electron chi connectivity index (χ2n) is 7.49. The average Bonchev–Trinajstić information content (AvgIpc) is 2.76. The van der Waals surface area contributed by atoms with Gasteiger partial charge in [0.05, 0.1) is 6.61 Å². The van der Waals surface area contributed by atoms with E-state index in [2.05, 4.69) is 10.3 Å². The molecule has 7 nitrogen and oxygen atoms in total. The first-order valence-corrected chi connectivity index (χ1v) is 10.0. The summed E-state index contributed by atoms with van der Waals surface area (Å²) in [6.07, 6.45) is 7.58. The van der Waals surface area contributed by atoms with Gasteiger partial charge in [0.25, 0.3) is 11.8 Å². The number of carbonyl (C=O) groups excluding carboxylic acids is 2. The Bertz CT molecular complexity index is 860. The van der Waals surface area contributed by atoms with Gasteiger partial charge in [-0.05, 0) is 61.1 Å². The molecule has 0 fully saturated rings. The Hall–Kier alpha value is -3.40. The normalized spacial score (nSPS) is 11.4. The molecule has 7 heteroatoms. The van der Waals surface area contributed by atoms with E-state index in [0.717, 1.165) is 17.7 Å². The van der Waals surface area contributed by atoms with E-state index < -0.39 is 11.9 Å². The van der Waals surface area contributed by atoms with Crippen molar-refractivity contribution < 1.29 is 14.3 Å². The summed E-state index contributed by atoms with van der Waals surface area (Å²) in [7, 11) is 1.39. The van der Waals surface area contributed by atoms with E-state index in [1.54, 1.807) is 36.7 Å². The highest BCUT2D eigenvalue weighted by Crippen LogP contribution is 2.14. The Morgan fingerprint density at radius 3 is 2.57 bits per heavy atom. The van der Waals surface area contributed by atoms with Crippen LogP contribution in [0.15, 0.2) is 48.8 Å². The predicted molar refractivity (Wildman–Crippen MR) is 114 cm³/mol. The number of nitrogens with zero attached hydrogens (tertiary/aromatic N) is 3. The maximum absolute atomic E-state index is 12.6. The third kappa shape index (κ3) is 7.21. The number of hydrogen-bond acceptors (Lipinski definition) is 5. The number of carbonyl (C=O) groups is 2. The van der Waals surface area contributed by atoms with Crippen LogP contribution in [-0.4, -0.2) is 41.4 Å². The maximum Gasteiger partial charge on any atom is 0.257 e. The summed E-state index contributed by atoms with van der Waals surface area (Å²) in [6.45, 7) is 4.48. The topological polar surface area (TPSA) is 95.3 Å². The molecule has 30 heavy (non-hydrogen) atoms. The molecule has 0 radical (unpaired) electrons. The molecule has 0 unspecified atom stereocenters. The van der Waals surface area contributed by atoms with Crippen molar-refractivity contribution in [1.82, 2.24) is 15.2 Å². The van der Waals surface area contributed by atoms with Gasteiger partial charge in [-0.1, -0.05) is 19.9 Å². The van der Waals surface area contributed by atoms with Gasteiger partial charge in [0.2, 0.25) is 0 Å². The Morgan fingerprint density at radius 1 is 1.23 bits per heavy atom. The van der Waals surface area contributed by atoms with Crippen molar-refractivity contribution >= 4 is 11.8 Å². The molecule has 0 saturated heterocycles. The van der Waals surface area contributed by atoms with E-state index in [9.17, 15) is 9.59 Å². The number of benzene rings is 1. The molecule has 0 aliphatic carbocycles. The number of aryl methyl sites for hydroxylation is 1. The van der Waals surface area contributed by atoms with Crippen molar-refractivity contribution in [3.8, 4) is 11.9 Å². The lowest BCUT2D eigenvalue weighted by Gasteiger charge is -2.21. The monoisotopic (exact) mass is 408 g/mol. The minimum absolute atomic E-state index is 0.189. The van der Waals surface area contributed by atoms with Crippen LogP contribution in [0.4, 0.5) is 0 Å². The first-order chi connectivity index (χ1) is 14.4. The number of amides is 2. The van der Waals surface area contributed by atoms with E-state index in [1.807, 2.05) is 32.2 Å². The second-order valence-corrected chi connectivity index (χ2v) is 7.49. The number of ether oxygens (including phenoxy) is 1. The number of rotatable bonds is 10. The smallest absolute Gasteiger partial charge is 0.257 e. The number of nitrogens with one attached hydrogen (secondary N) is 1. The first-order valence-electron chi connectivity index (χ1n) is 10.0. The minimum Gasteiger partial charge on any atom is -0.494 e. The minimum atomic E-state index is -0.745. The molecular weight excluding hydrogens is 380 g/mol. The third-order valence-electron chi connectivity index (χ3n) is 4.51. The maximum atomic E-state index is 12.6. The van der Waals surface area contributed by atoms with Crippen LogP contribution in [-0.2, 0) is 11.2 Å². The van der Waals surface area contributed by atoms with Gasteiger partial charge in [-0.15, -0.1) is 0 Å². The summed E-state index contributed by atoms with van der Waals surface area (Å²) in [6, 6.07) is 10.0. The second kappa shape index (κ2) is 11.6. The molecule has 2 aromatic rings. The number of nitriles is 1. The molecular formula is C23H28N4O3. The van der Waals surface area contributed by atoms with Crippen molar-refractivity contribution in [1.29, 1.82) is 5.26 Å². The lowest BCUT2D eigenvalue weighted by Crippen LogP contribution is -2.46. The zero-order valence-electron chi connectivity index (χ0n) is 17.7. The van der Waals surface area contributed by atoms with Gasteiger partial charge in [-0.2, -0.15) is 5.26 Å². The van der Waals surface area contributed by atoms with E-state index >= 15 is 0 Å². The number of pyridine rings is 1. The zero-order chi connectivity index (χ0) is 21.9. The van der Waals surface area contributed by atoms with Crippen LogP contribution in [0.2, 0.25) is 0 Å². The molecule has 1 atom stereocenters. The summed E-state index contributed by atoms with van der Waals surface area (Å²) in [5.41, 5.74) is 1.60. The molecule has 1 aromatic heterocycles. The highest BCUT2D eigenvalue weighted by molar-refractivity contribution is 5.97. The van der Waals surface area contributed by atoms with Gasteiger partial charge >= 0.3 is 0 Å². The van der Waals surface area contributed by atoms with E-state index in [4.69, 9.17) is 10.00 Å². The van der Waals surface area contributed by atoms with Crippen molar-refractivity contribution in [2.45, 2.75) is 39.2 Å². The van der Waals surface area contributed by atoms with Gasteiger partial charge in [0, 0.05) is 25.0 Å². The number of hydrogen-bond donors (Lipinski definition) is 1. The molecule has 2 rings (SSSR count). The molecule has 0 aliphatic heterocycles. The first kappa shape index (κ1) is 22.9. The van der Waals surface area contributed by atoms with Crippen LogP contribution in [0.3, 0.4) is 0 Å². The lowest BCUT2D eigenvalue weighted by atomic mass is 10.0. The highest BCUT2D eigenvalue weighted by atomic mass is 16.5. The number of likely N-dealkylation sites (N-methyl/N-ethyl adjacent to an activating group) is 1. The molecule has 0 bridgehead atoms. The van der Waals surface area contributed by atoms with Gasteiger partial charge < -0.3 is 10.1 Å². The molecule has 158 valence electrons. The predicted octanol–water partition coefficient (Wildman–Crippen LogP) is 3.18. The highest BCUT2D eigenvalue weighted by Gasteiger charge is 2.25. The summed E-state index contributed by atoms with van der Waals surface area (Å²) in [5.74, 6) is 0.0853. The van der Waals surface area contributed by atoms with Crippen molar-refractivity contribution in [2.24, 2.45) is 5.92 Å². The van der Waals surface area contributed by atoms with Crippen molar-refractivity contribution in [3.05, 3.63) is 59.9 Å². The third-order valence-corrected chi connectivity index (χ3v) is 4.51. The fourth-order valence-corrected chi connectivity index (χ4v) is 2.93. The molecule has 1 aromatic carbocycles. The Balaban J connectivity index is 1.88. The standard InChI is InChI=1S/C23H28N4O3/c1-17(2)14-21(23(29)27(3)16-24)26-22(28)19-8-10-20(11-9-19)30-13-5-7-18-6-4-12-25-15-18/h4,6,8-12,15,17,21H,5,7,13-14H2,1-3H3,(H,26,28)/t21-/m0/s1. The van der Waals surface area contributed by atoms with Crippen LogP contribution in [0.1, 0.15) is 42.6 Å². The van der Waals surface area contributed by atoms with E-state index in [1.165, 1.54) is 12.6 Å². The molecule has 0 spiro atoms. The fraction of sp³-hybridized carbons (Fsp3) is 0.391. The molecule has 1 heterocycles. The van der Waals surface area contributed by atoms with Crippen LogP contribution in [0.25, 0.3) is 0 Å². The van der Waals surface area contributed by atoms with Crippen LogP contribution in [0, 0.1) is 17.4 Å². The number of aromatic nitrogens is 1. The average molecular weight is 409 g/mol. The summed E-state index contributed by atoms with van der Waals surface area (Å²) < 4.78 is 5.73. The quantitative estimate of drug-likeness (QED) is 0.370. The molecule has 0 saturated carbocycles. The molecule has 0 aliphatic rings. The Morgan fingerprint density at radius 2 is 1.97 bits per heavy atom. The lowest BCUT2D eigenvalue weighted by molar-refractivity contribution is -0.129. The Kier molecular flexibility index (Phi) is 8.82. The van der Waals surface area contributed by atoms with Crippen LogP contribution >= 0.6 is 0 Å². The van der Waals surface area contributed by atoms with Gasteiger partial charge in [-0.3, -0.25) is 19.5 Å². The summed E-state index contributed by atoms with van der Waals surface area (Å²) in [4.78, 5) is 29.9. The summed E-state index contributed by atoms with van der Waals surface area (Å²) in [5, 5.41) is 11.7. The van der Waals surface area contributed by atoms with Crippen LogP contribution < -0.4 is 10.1 Å². The summed E-state index contributed by atoms with van der Waals surface area (Å²) >= 11 is 0. The van der Waals surface area contributed by atoms with Crippen molar-refractivity contribution in [3.63, 3.8) is 0 Å². The zero-order valence-corrected chi connectivity index (χ0v) is 17.7. The SMILES string of the molecule is CC(C)C[C@H](NC(=O)c1ccc(OCCCc2cccnc2)cc1)C(=O)N(C)C#N.